The largest absolute Gasteiger partial charge is 0.444 e. The second-order valence-corrected chi connectivity index (χ2v) is 10.1. The van der Waals surface area contributed by atoms with Gasteiger partial charge in [-0.1, -0.05) is 23.8 Å². The van der Waals surface area contributed by atoms with Gasteiger partial charge in [0.25, 0.3) is 10.1 Å². The molecule has 0 fully saturated rings. The van der Waals surface area contributed by atoms with E-state index in [1.54, 1.807) is 24.3 Å². The minimum atomic E-state index is -3.77. The average Bonchev–Trinajstić information content (AvgIpc) is 3.01. The summed E-state index contributed by atoms with van der Waals surface area (Å²) in [5.74, 6) is 0.0713. The maximum absolute atomic E-state index is 12.4. The van der Waals surface area contributed by atoms with Crippen molar-refractivity contribution in [2.45, 2.75) is 51.0 Å². The van der Waals surface area contributed by atoms with Crippen LogP contribution in [-0.4, -0.2) is 26.7 Å². The number of anilines is 1. The second-order valence-electron chi connectivity index (χ2n) is 8.44. The number of rotatable bonds is 5. The van der Waals surface area contributed by atoms with Gasteiger partial charge in [-0.15, -0.1) is 0 Å². The molecule has 0 unspecified atom stereocenters. The molecule has 0 saturated heterocycles. The molecule has 1 amide bonds. The summed E-state index contributed by atoms with van der Waals surface area (Å²) in [7, 11) is -3.77. The Morgan fingerprint density at radius 2 is 1.72 bits per heavy atom. The Hall–Kier alpha value is -2.38. The van der Waals surface area contributed by atoms with Crippen LogP contribution in [0.1, 0.15) is 37.5 Å². The summed E-state index contributed by atoms with van der Waals surface area (Å²) >= 11 is 0. The van der Waals surface area contributed by atoms with Crippen molar-refractivity contribution >= 4 is 21.9 Å². The molecule has 0 aliphatic heterocycles. The van der Waals surface area contributed by atoms with E-state index in [1.165, 1.54) is 0 Å². The Labute approximate surface area is 172 Å². The van der Waals surface area contributed by atoms with Crippen LogP contribution in [0, 0.1) is 12.8 Å². The smallest absolute Gasteiger partial charge is 0.412 e. The van der Waals surface area contributed by atoms with Crippen LogP contribution in [0.5, 0.6) is 0 Å². The third-order valence-electron chi connectivity index (χ3n) is 4.64. The van der Waals surface area contributed by atoms with Crippen molar-refractivity contribution in [3.63, 3.8) is 0 Å². The maximum Gasteiger partial charge on any atom is 0.412 e. The molecule has 29 heavy (non-hydrogen) atoms. The lowest BCUT2D eigenvalue weighted by molar-refractivity contribution is 0.0636. The molecule has 0 spiro atoms. The van der Waals surface area contributed by atoms with E-state index >= 15 is 0 Å². The summed E-state index contributed by atoms with van der Waals surface area (Å²) in [5, 5.41) is 2.74. The number of fused-ring (bicyclic) bond motifs is 1. The molecule has 1 atom stereocenters. The Bertz CT molecular complexity index is 991. The first kappa shape index (κ1) is 21.3. The van der Waals surface area contributed by atoms with Gasteiger partial charge in [0.15, 0.2) is 0 Å². The molecular formula is C22H27NO5S. The quantitative estimate of drug-likeness (QED) is 0.726. The van der Waals surface area contributed by atoms with Gasteiger partial charge in [-0.3, -0.25) is 9.50 Å². The molecular weight excluding hydrogens is 390 g/mol. The molecule has 0 aromatic heterocycles. The van der Waals surface area contributed by atoms with Crippen LogP contribution in [0.15, 0.2) is 47.4 Å². The first-order chi connectivity index (χ1) is 13.5. The fourth-order valence-corrected chi connectivity index (χ4v) is 4.26. The van der Waals surface area contributed by atoms with E-state index in [0.717, 1.165) is 23.1 Å². The molecule has 156 valence electrons. The van der Waals surface area contributed by atoms with Crippen molar-refractivity contribution in [1.82, 2.24) is 0 Å². The molecule has 0 saturated carbocycles. The molecule has 2 aromatic carbocycles. The summed E-state index contributed by atoms with van der Waals surface area (Å²) < 4.78 is 35.3. The molecule has 3 rings (SSSR count). The van der Waals surface area contributed by atoms with Crippen molar-refractivity contribution in [2.24, 2.45) is 5.92 Å². The highest BCUT2D eigenvalue weighted by molar-refractivity contribution is 7.86. The Morgan fingerprint density at radius 1 is 1.07 bits per heavy atom. The average molecular weight is 418 g/mol. The van der Waals surface area contributed by atoms with Gasteiger partial charge in [-0.05, 0) is 81.8 Å². The van der Waals surface area contributed by atoms with Gasteiger partial charge in [0.1, 0.15) is 5.60 Å². The minimum Gasteiger partial charge on any atom is -0.444 e. The van der Waals surface area contributed by atoms with E-state index in [9.17, 15) is 13.2 Å². The maximum atomic E-state index is 12.4. The lowest BCUT2D eigenvalue weighted by Crippen LogP contribution is -2.27. The number of hydrogen-bond acceptors (Lipinski definition) is 5. The molecule has 0 heterocycles. The lowest BCUT2D eigenvalue weighted by Gasteiger charge is -2.19. The summed E-state index contributed by atoms with van der Waals surface area (Å²) in [6.07, 6.45) is 0.938. The number of carbonyl (C=O) groups excluding carboxylic acids is 1. The number of aryl methyl sites for hydroxylation is 1. The van der Waals surface area contributed by atoms with Crippen molar-refractivity contribution in [3.8, 4) is 0 Å². The zero-order valence-corrected chi connectivity index (χ0v) is 18.0. The van der Waals surface area contributed by atoms with Crippen LogP contribution in [0.2, 0.25) is 0 Å². The summed E-state index contributed by atoms with van der Waals surface area (Å²) in [4.78, 5) is 12.1. The third kappa shape index (κ3) is 5.81. The lowest BCUT2D eigenvalue weighted by atomic mass is 10.1. The molecule has 0 radical (unpaired) electrons. The van der Waals surface area contributed by atoms with Gasteiger partial charge in [-0.25, -0.2) is 4.79 Å². The number of amides is 1. The zero-order valence-electron chi connectivity index (χ0n) is 17.2. The van der Waals surface area contributed by atoms with E-state index in [1.807, 2.05) is 45.9 Å². The normalized spacial score (nSPS) is 16.3. The molecule has 0 bridgehead atoms. The van der Waals surface area contributed by atoms with Gasteiger partial charge >= 0.3 is 6.09 Å². The topological polar surface area (TPSA) is 81.7 Å². The van der Waals surface area contributed by atoms with Crippen LogP contribution >= 0.6 is 0 Å². The molecule has 6 nitrogen and oxygen atoms in total. The van der Waals surface area contributed by atoms with Crippen molar-refractivity contribution in [2.75, 3.05) is 11.9 Å². The van der Waals surface area contributed by atoms with E-state index in [4.69, 9.17) is 8.92 Å². The molecule has 1 aliphatic rings. The molecule has 2 aromatic rings. The third-order valence-corrected chi connectivity index (χ3v) is 5.93. The fourth-order valence-electron chi connectivity index (χ4n) is 3.29. The predicted molar refractivity (Wildman–Crippen MR) is 112 cm³/mol. The number of nitrogens with one attached hydrogen (secondary N) is 1. The molecule has 7 heteroatoms. The zero-order chi connectivity index (χ0) is 21.2. The van der Waals surface area contributed by atoms with Crippen LogP contribution in [-0.2, 0) is 31.9 Å². The van der Waals surface area contributed by atoms with Gasteiger partial charge in [0, 0.05) is 5.69 Å². The van der Waals surface area contributed by atoms with E-state index in [-0.39, 0.29) is 17.4 Å². The Kier molecular flexibility index (Phi) is 6.00. The molecule has 1 N–H and O–H groups in total. The van der Waals surface area contributed by atoms with Crippen LogP contribution in [0.3, 0.4) is 0 Å². The van der Waals surface area contributed by atoms with Crippen molar-refractivity contribution in [1.29, 1.82) is 0 Å². The van der Waals surface area contributed by atoms with Crippen LogP contribution in [0.25, 0.3) is 0 Å². The van der Waals surface area contributed by atoms with E-state index in [2.05, 4.69) is 5.32 Å². The summed E-state index contributed by atoms with van der Waals surface area (Å²) in [6, 6.07) is 12.3. The van der Waals surface area contributed by atoms with Crippen molar-refractivity contribution in [3.05, 3.63) is 59.2 Å². The van der Waals surface area contributed by atoms with E-state index in [0.29, 0.717) is 12.1 Å². The first-order valence-corrected chi connectivity index (χ1v) is 11.0. The fraction of sp³-hybridized carbons (Fsp3) is 0.409. The highest BCUT2D eigenvalue weighted by Crippen LogP contribution is 2.30. The second kappa shape index (κ2) is 8.16. The first-order valence-electron chi connectivity index (χ1n) is 9.60. The SMILES string of the molecule is Cc1ccc(S(=O)(=O)OC[C@H]2Cc3ccc(NC(=O)OC(C)(C)C)cc3C2)cc1. The Balaban J connectivity index is 1.58. The van der Waals surface area contributed by atoms with E-state index < -0.39 is 21.8 Å². The molecule has 1 aliphatic carbocycles. The number of benzene rings is 2. The number of hydrogen-bond donors (Lipinski definition) is 1. The van der Waals surface area contributed by atoms with Gasteiger partial charge in [0.05, 0.1) is 11.5 Å². The number of carbonyl (C=O) groups is 1. The van der Waals surface area contributed by atoms with Crippen LogP contribution in [0.4, 0.5) is 10.5 Å². The minimum absolute atomic E-state index is 0.0713. The van der Waals surface area contributed by atoms with Crippen LogP contribution < -0.4 is 5.32 Å². The van der Waals surface area contributed by atoms with Gasteiger partial charge < -0.3 is 4.74 Å². The van der Waals surface area contributed by atoms with Gasteiger partial charge in [-0.2, -0.15) is 8.42 Å². The summed E-state index contributed by atoms with van der Waals surface area (Å²) in [5.41, 5.74) is 3.31. The standard InChI is InChI=1S/C22H27NO5S/c1-15-5-9-20(10-6-15)29(25,26)27-14-16-11-17-7-8-19(13-18(17)12-16)23-21(24)28-22(2,3)4/h5-10,13,16H,11-12,14H2,1-4H3,(H,23,24)/t16-/m0/s1. The van der Waals surface area contributed by atoms with Gasteiger partial charge in [0.2, 0.25) is 0 Å². The van der Waals surface area contributed by atoms with Crippen molar-refractivity contribution < 1.29 is 22.1 Å². The highest BCUT2D eigenvalue weighted by Gasteiger charge is 2.25. The number of ether oxygens (including phenoxy) is 1. The highest BCUT2D eigenvalue weighted by atomic mass is 32.2. The summed E-state index contributed by atoms with van der Waals surface area (Å²) in [6.45, 7) is 7.46. The monoisotopic (exact) mass is 417 g/mol. The predicted octanol–water partition coefficient (Wildman–Crippen LogP) is 4.46. The Morgan fingerprint density at radius 3 is 2.38 bits per heavy atom.